The Hall–Kier alpha value is -6.45. The van der Waals surface area contributed by atoms with Crippen LogP contribution in [0.1, 0.15) is 65.8 Å². The van der Waals surface area contributed by atoms with Gasteiger partial charge < -0.3 is 19.5 Å². The Morgan fingerprint density at radius 3 is 1.66 bits per heavy atom. The van der Waals surface area contributed by atoms with Crippen molar-refractivity contribution in [2.45, 2.75) is 78.6 Å². The van der Waals surface area contributed by atoms with E-state index in [2.05, 4.69) is 15.5 Å². The molecule has 61 heavy (non-hydrogen) atoms. The van der Waals surface area contributed by atoms with Gasteiger partial charge in [-0.3, -0.25) is 4.90 Å². The molecule has 0 aliphatic carbocycles. The van der Waals surface area contributed by atoms with Crippen molar-refractivity contribution in [2.75, 3.05) is 23.3 Å². The number of anilines is 2. The molecular formula is C45H44F6N6O4. The van der Waals surface area contributed by atoms with Crippen molar-refractivity contribution in [3.8, 4) is 22.9 Å². The molecule has 2 aromatic heterocycles. The number of ether oxygens (including phenoxy) is 3. The molecule has 0 fully saturated rings. The monoisotopic (exact) mass is 846 g/mol. The van der Waals surface area contributed by atoms with Gasteiger partial charge >= 0.3 is 18.4 Å². The lowest BCUT2D eigenvalue weighted by Crippen LogP contribution is -2.35. The van der Waals surface area contributed by atoms with E-state index < -0.39 is 35.4 Å². The molecule has 6 aromatic rings. The number of benzene rings is 4. The van der Waals surface area contributed by atoms with Crippen molar-refractivity contribution < 1.29 is 45.3 Å². The van der Waals surface area contributed by atoms with Crippen LogP contribution in [-0.4, -0.2) is 44.3 Å². The van der Waals surface area contributed by atoms with Gasteiger partial charge in [0.05, 0.1) is 17.1 Å². The van der Waals surface area contributed by atoms with E-state index in [0.717, 1.165) is 62.5 Å². The number of hydrogen-bond donors (Lipinski definition) is 1. The average molecular weight is 847 g/mol. The minimum absolute atomic E-state index is 0.0318. The van der Waals surface area contributed by atoms with Crippen LogP contribution in [0.4, 0.5) is 42.5 Å². The van der Waals surface area contributed by atoms with Crippen molar-refractivity contribution in [2.24, 2.45) is 0 Å². The topological polar surface area (TPSA) is 95.7 Å². The Kier molecular flexibility index (Phi) is 11.8. The molecule has 0 bridgehead atoms. The number of aromatic nitrogens is 4. The van der Waals surface area contributed by atoms with Gasteiger partial charge in [-0.25, -0.2) is 14.2 Å². The molecule has 4 aromatic carbocycles. The highest BCUT2D eigenvalue weighted by atomic mass is 19.4. The van der Waals surface area contributed by atoms with Crippen LogP contribution in [0.5, 0.6) is 11.5 Å². The third kappa shape index (κ3) is 9.63. The first-order valence-corrected chi connectivity index (χ1v) is 19.6. The highest BCUT2D eigenvalue weighted by Gasteiger charge is 2.38. The third-order valence-corrected chi connectivity index (χ3v) is 10.1. The molecule has 0 radical (unpaired) electrons. The summed E-state index contributed by atoms with van der Waals surface area (Å²) in [6, 6.07) is 25.7. The first-order chi connectivity index (χ1) is 28.9. The van der Waals surface area contributed by atoms with Gasteiger partial charge in [-0.15, -0.1) is 0 Å². The van der Waals surface area contributed by atoms with E-state index in [9.17, 15) is 31.1 Å². The van der Waals surface area contributed by atoms with Crippen molar-refractivity contribution >= 4 is 17.5 Å². The summed E-state index contributed by atoms with van der Waals surface area (Å²) < 4.78 is 99.9. The van der Waals surface area contributed by atoms with Crippen molar-refractivity contribution in [3.05, 3.63) is 142 Å². The first kappa shape index (κ1) is 42.7. The number of carbonyl (C=O) groups excluding carboxylic acids is 1. The summed E-state index contributed by atoms with van der Waals surface area (Å²) in [5, 5.41) is 11.6. The van der Waals surface area contributed by atoms with E-state index in [1.807, 2.05) is 46.8 Å². The summed E-state index contributed by atoms with van der Waals surface area (Å²) in [4.78, 5) is 14.1. The van der Waals surface area contributed by atoms with Crippen LogP contribution in [0.3, 0.4) is 0 Å². The highest BCUT2D eigenvalue weighted by Crippen LogP contribution is 2.38. The summed E-state index contributed by atoms with van der Waals surface area (Å²) >= 11 is 0. The summed E-state index contributed by atoms with van der Waals surface area (Å²) in [5.41, 5.74) is 4.61. The first-order valence-electron chi connectivity index (χ1n) is 19.6. The fraction of sp³-hybridized carbons (Fsp3) is 0.311. The summed E-state index contributed by atoms with van der Waals surface area (Å²) in [6.45, 7) is 10.5. The van der Waals surface area contributed by atoms with Gasteiger partial charge in [-0.2, -0.15) is 36.5 Å². The maximum absolute atomic E-state index is 13.6. The van der Waals surface area contributed by atoms with Gasteiger partial charge in [-0.05, 0) is 130 Å². The molecule has 16 heteroatoms. The molecule has 1 N–H and O–H groups in total. The number of fused-ring (bicyclic) bond motifs is 2. The van der Waals surface area contributed by atoms with Gasteiger partial charge in [0.1, 0.15) is 53.1 Å². The second-order valence-electron chi connectivity index (χ2n) is 15.6. The highest BCUT2D eigenvalue weighted by molar-refractivity contribution is 5.91. The molecule has 2 aliphatic heterocycles. The summed E-state index contributed by atoms with van der Waals surface area (Å²) in [6.07, 6.45) is -7.92. The van der Waals surface area contributed by atoms with E-state index in [-0.39, 0.29) is 24.6 Å². The smallest absolute Gasteiger partial charge is 0.433 e. The number of alkyl halides is 6. The van der Waals surface area contributed by atoms with Gasteiger partial charge in [-0.1, -0.05) is 36.4 Å². The van der Waals surface area contributed by atoms with Gasteiger partial charge in [0.2, 0.25) is 0 Å². The lowest BCUT2D eigenvalue weighted by atomic mass is 10.1. The molecule has 0 atom stereocenters. The minimum Gasteiger partial charge on any atom is -0.487 e. The van der Waals surface area contributed by atoms with E-state index in [4.69, 9.17) is 14.2 Å². The Morgan fingerprint density at radius 1 is 0.672 bits per heavy atom. The zero-order valence-electron chi connectivity index (χ0n) is 34.1. The van der Waals surface area contributed by atoms with Gasteiger partial charge in [0.15, 0.2) is 0 Å². The zero-order valence-corrected chi connectivity index (χ0v) is 34.1. The standard InChI is InChI=1S/C25H26F3N3O3.C20H18F3N3O/c1-16-19-12-13-30(23(32)34-24(2,3)4)20(19)10-11-21(16)33-15-17-14-22(25(26,27)28)31(29-17)18-8-6-5-7-9-18;1-13-16-9-10-24-17(16)7-8-18(13)27-12-14-11-19(20(21,22)23)26(25-14)15-5-3-2-4-6-15/h5-11,14H,12-13,15H2,1-4H3;2-8,11,24H,9-10,12H2,1H3. The van der Waals surface area contributed by atoms with E-state index >= 15 is 0 Å². The lowest BCUT2D eigenvalue weighted by Gasteiger charge is -2.25. The number of para-hydroxylation sites is 2. The van der Waals surface area contributed by atoms with Crippen LogP contribution in [-0.2, 0) is 43.1 Å². The Labute approximate surface area is 348 Å². The van der Waals surface area contributed by atoms with Crippen LogP contribution in [0, 0.1) is 13.8 Å². The van der Waals surface area contributed by atoms with Crippen LogP contribution in [0.2, 0.25) is 0 Å². The number of rotatable bonds is 8. The minimum atomic E-state index is -4.56. The van der Waals surface area contributed by atoms with E-state index in [0.29, 0.717) is 35.8 Å². The zero-order chi connectivity index (χ0) is 43.7. The largest absolute Gasteiger partial charge is 0.487 e. The van der Waals surface area contributed by atoms with E-state index in [1.54, 1.807) is 77.7 Å². The van der Waals surface area contributed by atoms with Crippen LogP contribution >= 0.6 is 0 Å². The van der Waals surface area contributed by atoms with Crippen molar-refractivity contribution in [1.82, 2.24) is 19.6 Å². The summed E-state index contributed by atoms with van der Waals surface area (Å²) in [5.74, 6) is 1.20. The SMILES string of the molecule is Cc1c(OCc2cc(C(F)(F)F)n(-c3ccccc3)n2)ccc2c1CCN2.Cc1c(OCc2cc(C(F)(F)F)n(-c3ccccc3)n2)ccc2c1CCN2C(=O)OC(C)(C)C. The van der Waals surface area contributed by atoms with Gasteiger partial charge in [0, 0.05) is 18.8 Å². The number of nitrogens with zero attached hydrogens (tertiary/aromatic N) is 5. The lowest BCUT2D eigenvalue weighted by molar-refractivity contribution is -0.143. The van der Waals surface area contributed by atoms with Crippen LogP contribution in [0.25, 0.3) is 11.4 Å². The molecule has 320 valence electrons. The Balaban J connectivity index is 0.000000189. The fourth-order valence-corrected chi connectivity index (χ4v) is 7.24. The Bertz CT molecular complexity index is 2510. The Morgan fingerprint density at radius 2 is 1.16 bits per heavy atom. The number of carbonyl (C=O) groups is 1. The predicted octanol–water partition coefficient (Wildman–Crippen LogP) is 10.8. The third-order valence-electron chi connectivity index (χ3n) is 10.1. The van der Waals surface area contributed by atoms with Crippen molar-refractivity contribution in [1.29, 1.82) is 0 Å². The number of nitrogens with one attached hydrogen (secondary N) is 1. The second kappa shape index (κ2) is 16.9. The number of halogens is 6. The number of amides is 1. The van der Waals surface area contributed by atoms with Gasteiger partial charge in [0.25, 0.3) is 0 Å². The van der Waals surface area contributed by atoms with Crippen molar-refractivity contribution in [3.63, 3.8) is 0 Å². The average Bonchev–Trinajstić information content (AvgIpc) is 4.03. The second-order valence-corrected chi connectivity index (χ2v) is 15.6. The summed E-state index contributed by atoms with van der Waals surface area (Å²) in [7, 11) is 0. The van der Waals surface area contributed by atoms with E-state index in [1.165, 1.54) is 5.56 Å². The predicted molar refractivity (Wildman–Crippen MR) is 218 cm³/mol. The molecular weight excluding hydrogens is 803 g/mol. The molecule has 8 rings (SSSR count). The molecule has 2 aliphatic rings. The molecule has 0 saturated carbocycles. The maximum atomic E-state index is 13.6. The molecule has 0 unspecified atom stereocenters. The number of hydrogen-bond acceptors (Lipinski definition) is 7. The molecule has 1 amide bonds. The van der Waals surface area contributed by atoms with Crippen LogP contribution in [0.15, 0.2) is 97.1 Å². The quantitative estimate of drug-likeness (QED) is 0.152. The fourth-order valence-electron chi connectivity index (χ4n) is 7.24. The molecule has 0 saturated heterocycles. The molecule has 10 nitrogen and oxygen atoms in total. The molecule has 0 spiro atoms. The van der Waals surface area contributed by atoms with Crippen LogP contribution < -0.4 is 19.7 Å². The maximum Gasteiger partial charge on any atom is 0.433 e. The normalized spacial score (nSPS) is 13.5. The molecule has 4 heterocycles.